The van der Waals surface area contributed by atoms with Crippen LogP contribution in [0.3, 0.4) is 0 Å². The van der Waals surface area contributed by atoms with Gasteiger partial charge in [-0.2, -0.15) is 0 Å². The summed E-state index contributed by atoms with van der Waals surface area (Å²) in [5.41, 5.74) is -0.256. The molecular formula is C17H34N4O2. The Morgan fingerprint density at radius 1 is 1.13 bits per heavy atom. The Morgan fingerprint density at radius 3 is 2.26 bits per heavy atom. The number of hydrazine groups is 1. The van der Waals surface area contributed by atoms with Crippen LogP contribution in [-0.2, 0) is 4.84 Å². The molecule has 0 atom stereocenters. The summed E-state index contributed by atoms with van der Waals surface area (Å²) in [5, 5.41) is 17.6. The molecule has 0 N–H and O–H groups in total. The second kappa shape index (κ2) is 8.18. The second-order valence-electron chi connectivity index (χ2n) is 7.85. The van der Waals surface area contributed by atoms with Crippen molar-refractivity contribution >= 4 is 0 Å². The summed E-state index contributed by atoms with van der Waals surface area (Å²) in [4.78, 5) is 8.76. The van der Waals surface area contributed by atoms with Gasteiger partial charge in [0, 0.05) is 19.1 Å². The van der Waals surface area contributed by atoms with Crippen LogP contribution in [0.1, 0.15) is 72.6 Å². The predicted octanol–water partition coefficient (Wildman–Crippen LogP) is 3.71. The average molecular weight is 326 g/mol. The van der Waals surface area contributed by atoms with E-state index in [1.54, 1.807) is 5.01 Å². The van der Waals surface area contributed by atoms with Crippen LogP contribution in [0.4, 0.5) is 0 Å². The van der Waals surface area contributed by atoms with Crippen molar-refractivity contribution < 1.29 is 9.81 Å². The van der Waals surface area contributed by atoms with Crippen LogP contribution in [0, 0.1) is 5.21 Å². The highest BCUT2D eigenvalue weighted by atomic mass is 16.7. The number of likely N-dealkylation sites (tertiary alicyclic amines) is 1. The van der Waals surface area contributed by atoms with Gasteiger partial charge >= 0.3 is 0 Å². The van der Waals surface area contributed by atoms with Crippen LogP contribution in [0.5, 0.6) is 0 Å². The summed E-state index contributed by atoms with van der Waals surface area (Å²) in [6.07, 6.45) is 8.86. The van der Waals surface area contributed by atoms with Crippen LogP contribution in [0.15, 0.2) is 5.28 Å². The maximum atomic E-state index is 12.1. The van der Waals surface area contributed by atoms with Gasteiger partial charge in [0.2, 0.25) is 5.28 Å². The van der Waals surface area contributed by atoms with Gasteiger partial charge in [-0.15, -0.1) is 5.01 Å². The Hall–Kier alpha value is -1.04. The normalized spacial score (nSPS) is 23.0. The minimum absolute atomic E-state index is 0.0740. The van der Waals surface area contributed by atoms with Crippen molar-refractivity contribution in [2.75, 3.05) is 19.6 Å². The monoisotopic (exact) mass is 326 g/mol. The topological polar surface area (TPSA) is 54.1 Å². The molecule has 0 amide bonds. The van der Waals surface area contributed by atoms with Crippen LogP contribution in [0.2, 0.25) is 0 Å². The summed E-state index contributed by atoms with van der Waals surface area (Å²) >= 11 is 0. The first-order chi connectivity index (χ1) is 10.9. The van der Waals surface area contributed by atoms with Crippen molar-refractivity contribution in [2.45, 2.75) is 90.3 Å². The third-order valence-electron chi connectivity index (χ3n) is 5.11. The molecule has 0 spiro atoms. The molecule has 134 valence electrons. The molecule has 0 aromatic heterocycles. The van der Waals surface area contributed by atoms with E-state index in [0.717, 1.165) is 32.0 Å². The fourth-order valence-corrected chi connectivity index (χ4v) is 3.80. The molecule has 1 heterocycles. The van der Waals surface area contributed by atoms with Crippen molar-refractivity contribution in [3.63, 3.8) is 0 Å². The fourth-order valence-electron chi connectivity index (χ4n) is 3.80. The van der Waals surface area contributed by atoms with Crippen LogP contribution in [0.25, 0.3) is 0 Å². The largest absolute Gasteiger partial charge is 0.569 e. The van der Waals surface area contributed by atoms with Gasteiger partial charge in [-0.05, 0) is 53.4 Å². The van der Waals surface area contributed by atoms with Gasteiger partial charge in [0.05, 0.1) is 17.1 Å². The van der Waals surface area contributed by atoms with E-state index in [9.17, 15) is 5.21 Å². The number of hydrogen-bond donors (Lipinski definition) is 0. The average Bonchev–Trinajstić information content (AvgIpc) is 2.53. The number of hydrogen-bond acceptors (Lipinski definition) is 4. The third-order valence-corrected chi connectivity index (χ3v) is 5.11. The smallest absolute Gasteiger partial charge is 0.233 e. The Labute approximate surface area is 141 Å². The van der Waals surface area contributed by atoms with E-state index in [2.05, 4.69) is 10.2 Å². The summed E-state index contributed by atoms with van der Waals surface area (Å²) in [6, 6.07) is 0.772. The lowest BCUT2D eigenvalue weighted by Gasteiger charge is -2.38. The van der Waals surface area contributed by atoms with Gasteiger partial charge in [0.15, 0.2) is 0 Å². The van der Waals surface area contributed by atoms with E-state index >= 15 is 0 Å². The van der Waals surface area contributed by atoms with Gasteiger partial charge in [-0.25, -0.2) is 0 Å². The predicted molar refractivity (Wildman–Crippen MR) is 90.7 cm³/mol. The van der Waals surface area contributed by atoms with Gasteiger partial charge < -0.3 is 14.9 Å². The first kappa shape index (κ1) is 18.3. The molecule has 1 aliphatic heterocycles. The molecule has 1 saturated heterocycles. The Kier molecular flexibility index (Phi) is 6.50. The van der Waals surface area contributed by atoms with Crippen LogP contribution < -0.4 is 0 Å². The van der Waals surface area contributed by atoms with Crippen LogP contribution in [-0.4, -0.2) is 52.2 Å². The molecule has 6 heteroatoms. The highest BCUT2D eigenvalue weighted by Crippen LogP contribution is 2.26. The zero-order valence-electron chi connectivity index (χ0n) is 15.3. The highest BCUT2D eigenvalue weighted by molar-refractivity contribution is 4.80. The lowest BCUT2D eigenvalue weighted by molar-refractivity contribution is -0.725. The molecule has 1 saturated carbocycles. The summed E-state index contributed by atoms with van der Waals surface area (Å²) in [7, 11) is 0. The maximum Gasteiger partial charge on any atom is 0.233 e. The molecule has 0 unspecified atom stereocenters. The molecule has 0 bridgehead atoms. The van der Waals surface area contributed by atoms with Gasteiger partial charge in [-0.1, -0.05) is 19.3 Å². The van der Waals surface area contributed by atoms with E-state index in [1.807, 2.05) is 27.7 Å². The number of piperidine rings is 1. The third kappa shape index (κ3) is 5.23. The van der Waals surface area contributed by atoms with Crippen LogP contribution >= 0.6 is 0 Å². The quantitative estimate of drug-likeness (QED) is 0.439. The molecule has 2 aliphatic rings. The minimum atomic E-state index is -0.256. The van der Waals surface area contributed by atoms with Gasteiger partial charge in [-0.3, -0.25) is 0 Å². The first-order valence-electron chi connectivity index (χ1n) is 9.27. The molecular weight excluding hydrogens is 292 g/mol. The second-order valence-corrected chi connectivity index (χ2v) is 7.85. The van der Waals surface area contributed by atoms with Gasteiger partial charge in [0.25, 0.3) is 0 Å². The molecule has 6 nitrogen and oxygen atoms in total. The van der Waals surface area contributed by atoms with E-state index in [-0.39, 0.29) is 11.6 Å². The van der Waals surface area contributed by atoms with E-state index in [0.29, 0.717) is 11.5 Å². The van der Waals surface area contributed by atoms with E-state index in [4.69, 9.17) is 4.84 Å². The molecule has 2 rings (SSSR count). The minimum Gasteiger partial charge on any atom is -0.569 e. The van der Waals surface area contributed by atoms with Crippen molar-refractivity contribution in [1.82, 2.24) is 9.91 Å². The van der Waals surface area contributed by atoms with Gasteiger partial charge in [0.1, 0.15) is 6.10 Å². The van der Waals surface area contributed by atoms with Crippen molar-refractivity contribution in [1.29, 1.82) is 0 Å². The van der Waals surface area contributed by atoms with E-state index in [1.165, 1.54) is 32.1 Å². The number of nitrogens with zero attached hydrogens (tertiary/aromatic N) is 4. The Balaban J connectivity index is 1.78. The molecule has 0 radical (unpaired) electrons. The Bertz CT molecular complexity index is 381. The first-order valence-corrected chi connectivity index (χ1v) is 9.27. The summed E-state index contributed by atoms with van der Waals surface area (Å²) in [5.74, 6) is 0. The maximum absolute atomic E-state index is 12.1. The summed E-state index contributed by atoms with van der Waals surface area (Å²) in [6.45, 7) is 10.7. The lowest BCUT2D eigenvalue weighted by Crippen LogP contribution is -2.46. The Morgan fingerprint density at radius 2 is 1.74 bits per heavy atom. The zero-order valence-corrected chi connectivity index (χ0v) is 15.3. The summed E-state index contributed by atoms with van der Waals surface area (Å²) < 4.78 is 0. The highest BCUT2D eigenvalue weighted by Gasteiger charge is 2.29. The van der Waals surface area contributed by atoms with Crippen molar-refractivity contribution in [2.24, 2.45) is 5.28 Å². The SMILES string of the molecule is CCN(/[N+]([O-])=N\OC1CCN(C2CCCCC2)CC1)C(C)(C)C. The zero-order chi connectivity index (χ0) is 16.9. The lowest BCUT2D eigenvalue weighted by atomic mass is 9.92. The van der Waals surface area contributed by atoms with Crippen molar-refractivity contribution in [3.8, 4) is 0 Å². The molecule has 23 heavy (non-hydrogen) atoms. The van der Waals surface area contributed by atoms with Crippen molar-refractivity contribution in [3.05, 3.63) is 5.21 Å². The standard InChI is InChI=1S/C17H34N4O2/c1-5-20(17(2,3)4)21(22)18-23-16-11-13-19(14-12-16)15-9-7-6-8-10-15/h15-16H,5-14H2,1-4H3/b21-18+. The van der Waals surface area contributed by atoms with E-state index < -0.39 is 0 Å². The molecule has 1 aliphatic carbocycles. The fraction of sp³-hybridized carbons (Fsp3) is 1.00. The molecule has 0 aromatic rings. The molecule has 2 fully saturated rings. The number of rotatable bonds is 5. The molecule has 0 aromatic carbocycles.